The number of unbranched alkanes of at least 4 members (excludes halogenated alkanes) is 2. The Morgan fingerprint density at radius 3 is 1.63 bits per heavy atom. The van der Waals surface area contributed by atoms with E-state index in [1.807, 2.05) is 36.5 Å². The normalized spacial score (nSPS) is 20.5. The molecule has 0 aliphatic heterocycles. The molecule has 35 heavy (non-hydrogen) atoms. The van der Waals surface area contributed by atoms with Gasteiger partial charge in [-0.3, -0.25) is 9.59 Å². The second-order valence-corrected chi connectivity index (χ2v) is 10.8. The SMILES string of the molecule is CC(C)(CCCCC1=CC=C(/C=C\C2=CC=C(CCCCC(C)(C)C(=O)N=O)C2O)C1O)C(=O)O. The first-order valence-electron chi connectivity index (χ1n) is 12.4. The molecule has 0 aromatic heterocycles. The van der Waals surface area contributed by atoms with Crippen LogP contribution in [-0.2, 0) is 9.59 Å². The summed E-state index contributed by atoms with van der Waals surface area (Å²) < 4.78 is 0. The number of allylic oxidation sites excluding steroid dienone is 4. The maximum atomic E-state index is 11.5. The molecule has 0 fully saturated rings. The molecule has 1 amide bonds. The average Bonchev–Trinajstić information content (AvgIpc) is 3.33. The topological polar surface area (TPSA) is 124 Å². The summed E-state index contributed by atoms with van der Waals surface area (Å²) in [6.45, 7) is 6.90. The van der Waals surface area contributed by atoms with Gasteiger partial charge < -0.3 is 15.3 Å². The minimum atomic E-state index is -0.791. The molecule has 0 bridgehead atoms. The van der Waals surface area contributed by atoms with E-state index in [4.69, 9.17) is 0 Å². The molecule has 0 saturated heterocycles. The molecule has 7 nitrogen and oxygen atoms in total. The van der Waals surface area contributed by atoms with Crippen LogP contribution in [-0.4, -0.2) is 39.4 Å². The Morgan fingerprint density at radius 2 is 1.23 bits per heavy atom. The molecule has 0 heterocycles. The van der Waals surface area contributed by atoms with E-state index in [1.54, 1.807) is 27.7 Å². The molecule has 2 atom stereocenters. The Balaban J connectivity index is 1.73. The Bertz CT molecular complexity index is 964. The number of carbonyl (C=O) groups is 2. The summed E-state index contributed by atoms with van der Waals surface area (Å²) >= 11 is 0. The van der Waals surface area contributed by atoms with E-state index < -0.39 is 34.9 Å². The standard InChI is InChI=1S/C28H39NO6/c1-27(2,25(32)29-35)17-7-5-9-19-11-13-21(23(19)30)15-16-22-14-12-20(24(22)31)10-6-8-18-28(3,4)26(33)34/h11-16,23-24,30-31H,5-10,17-18H2,1-4H3,(H,33,34)/b16-15-. The number of hydrogen-bond acceptors (Lipinski definition) is 5. The number of carboxylic acid groups (broad SMARTS) is 1. The number of hydrogen-bond donors (Lipinski definition) is 3. The van der Waals surface area contributed by atoms with Crippen molar-refractivity contribution in [3.63, 3.8) is 0 Å². The van der Waals surface area contributed by atoms with Crippen molar-refractivity contribution < 1.29 is 24.9 Å². The van der Waals surface area contributed by atoms with E-state index in [0.29, 0.717) is 25.7 Å². The van der Waals surface area contributed by atoms with Gasteiger partial charge in [0.2, 0.25) is 0 Å². The summed E-state index contributed by atoms with van der Waals surface area (Å²) in [4.78, 5) is 33.2. The fourth-order valence-corrected chi connectivity index (χ4v) is 4.25. The van der Waals surface area contributed by atoms with Gasteiger partial charge in [-0.2, -0.15) is 0 Å². The highest BCUT2D eigenvalue weighted by Gasteiger charge is 2.28. The Hall–Kier alpha value is -2.64. The van der Waals surface area contributed by atoms with Crippen LogP contribution in [0.1, 0.15) is 79.1 Å². The monoisotopic (exact) mass is 485 g/mol. The fraction of sp³-hybridized carbons (Fsp3) is 0.571. The summed E-state index contributed by atoms with van der Waals surface area (Å²) in [5.74, 6) is -1.42. The quantitative estimate of drug-likeness (QED) is 0.219. The van der Waals surface area contributed by atoms with Crippen LogP contribution < -0.4 is 0 Å². The van der Waals surface area contributed by atoms with Crippen LogP contribution in [0.15, 0.2) is 63.9 Å². The Morgan fingerprint density at radius 1 is 0.800 bits per heavy atom. The number of nitroso groups, excluding NO2 is 1. The van der Waals surface area contributed by atoms with Crippen LogP contribution in [0.3, 0.4) is 0 Å². The molecule has 3 N–H and O–H groups in total. The minimum absolute atomic E-state index is 0.569. The zero-order valence-electron chi connectivity index (χ0n) is 21.3. The minimum Gasteiger partial charge on any atom is -0.481 e. The third-order valence-electron chi connectivity index (χ3n) is 7.06. The van der Waals surface area contributed by atoms with Crippen LogP contribution >= 0.6 is 0 Å². The van der Waals surface area contributed by atoms with Gasteiger partial charge in [-0.15, -0.1) is 4.91 Å². The third-order valence-corrected chi connectivity index (χ3v) is 7.06. The van der Waals surface area contributed by atoms with Gasteiger partial charge in [0.15, 0.2) is 0 Å². The number of carbonyl (C=O) groups excluding carboxylic acids is 1. The molecular formula is C28H39NO6. The van der Waals surface area contributed by atoms with Gasteiger partial charge in [0.05, 0.1) is 5.41 Å². The lowest BCUT2D eigenvalue weighted by Crippen LogP contribution is -2.23. The number of nitrogens with zero attached hydrogens (tertiary/aromatic N) is 1. The summed E-state index contributed by atoms with van der Waals surface area (Å²) in [5.41, 5.74) is 1.87. The zero-order valence-corrected chi connectivity index (χ0v) is 21.3. The highest BCUT2D eigenvalue weighted by Crippen LogP contribution is 2.31. The Labute approximate surface area is 208 Å². The van der Waals surface area contributed by atoms with Crippen molar-refractivity contribution in [1.82, 2.24) is 0 Å². The van der Waals surface area contributed by atoms with Gasteiger partial charge in [-0.25, -0.2) is 0 Å². The van der Waals surface area contributed by atoms with Gasteiger partial charge in [0, 0.05) is 10.6 Å². The molecule has 0 aromatic carbocycles. The van der Waals surface area contributed by atoms with Gasteiger partial charge in [-0.1, -0.05) is 63.1 Å². The largest absolute Gasteiger partial charge is 0.481 e. The second-order valence-electron chi connectivity index (χ2n) is 10.8. The van der Waals surface area contributed by atoms with Crippen LogP contribution in [0.25, 0.3) is 0 Å². The fourth-order valence-electron chi connectivity index (χ4n) is 4.25. The first-order valence-corrected chi connectivity index (χ1v) is 12.4. The van der Waals surface area contributed by atoms with Gasteiger partial charge in [0.25, 0.3) is 5.91 Å². The van der Waals surface area contributed by atoms with Crippen molar-refractivity contribution in [3.05, 3.63) is 63.7 Å². The van der Waals surface area contributed by atoms with Crippen molar-refractivity contribution in [1.29, 1.82) is 0 Å². The van der Waals surface area contributed by atoms with Crippen LogP contribution in [0, 0.1) is 15.7 Å². The van der Waals surface area contributed by atoms with Gasteiger partial charge >= 0.3 is 5.97 Å². The van der Waals surface area contributed by atoms with E-state index in [9.17, 15) is 29.8 Å². The number of aliphatic hydroxyl groups excluding tert-OH is 2. The number of aliphatic hydroxyl groups is 2. The molecule has 192 valence electrons. The first-order chi connectivity index (χ1) is 16.4. The lowest BCUT2D eigenvalue weighted by Gasteiger charge is -2.19. The maximum Gasteiger partial charge on any atom is 0.309 e. The smallest absolute Gasteiger partial charge is 0.309 e. The predicted octanol–water partition coefficient (Wildman–Crippen LogP) is 5.55. The first kappa shape index (κ1) is 28.6. The predicted molar refractivity (Wildman–Crippen MR) is 136 cm³/mol. The molecule has 0 radical (unpaired) electrons. The molecule has 0 saturated carbocycles. The lowest BCUT2D eigenvalue weighted by molar-refractivity contribution is -0.147. The average molecular weight is 486 g/mol. The number of carboxylic acids is 1. The van der Waals surface area contributed by atoms with Gasteiger partial charge in [0.1, 0.15) is 12.2 Å². The molecule has 2 aliphatic rings. The van der Waals surface area contributed by atoms with E-state index in [-0.39, 0.29) is 0 Å². The van der Waals surface area contributed by atoms with E-state index in [2.05, 4.69) is 5.18 Å². The number of rotatable bonds is 14. The molecule has 2 unspecified atom stereocenters. The van der Waals surface area contributed by atoms with E-state index >= 15 is 0 Å². The van der Waals surface area contributed by atoms with Crippen molar-refractivity contribution in [2.75, 3.05) is 0 Å². The highest BCUT2D eigenvalue weighted by molar-refractivity contribution is 5.82. The number of amides is 1. The van der Waals surface area contributed by atoms with E-state index in [0.717, 1.165) is 48.0 Å². The highest BCUT2D eigenvalue weighted by atomic mass is 16.4. The third kappa shape index (κ3) is 7.94. The van der Waals surface area contributed by atoms with Gasteiger partial charge in [-0.05, 0) is 74.7 Å². The summed E-state index contributed by atoms with van der Waals surface area (Å²) in [5, 5.41) is 33.0. The summed E-state index contributed by atoms with van der Waals surface area (Å²) in [7, 11) is 0. The molecule has 2 rings (SSSR count). The molecule has 2 aliphatic carbocycles. The van der Waals surface area contributed by atoms with Crippen LogP contribution in [0.5, 0.6) is 0 Å². The van der Waals surface area contributed by atoms with Crippen molar-refractivity contribution in [2.45, 2.75) is 91.3 Å². The van der Waals surface area contributed by atoms with Crippen molar-refractivity contribution in [3.8, 4) is 0 Å². The molecular weight excluding hydrogens is 446 g/mol. The van der Waals surface area contributed by atoms with Crippen LogP contribution in [0.2, 0.25) is 0 Å². The van der Waals surface area contributed by atoms with E-state index in [1.165, 1.54) is 0 Å². The lowest BCUT2D eigenvalue weighted by atomic mass is 9.86. The van der Waals surface area contributed by atoms with Crippen molar-refractivity contribution in [2.24, 2.45) is 16.0 Å². The summed E-state index contributed by atoms with van der Waals surface area (Å²) in [6, 6.07) is 0. The molecule has 0 spiro atoms. The maximum absolute atomic E-state index is 11.5. The molecule has 7 heteroatoms. The second kappa shape index (κ2) is 12.4. The van der Waals surface area contributed by atoms with Crippen LogP contribution in [0.4, 0.5) is 0 Å². The zero-order chi connectivity index (χ0) is 26.2. The summed E-state index contributed by atoms with van der Waals surface area (Å²) in [6.07, 6.45) is 15.6. The number of aliphatic carboxylic acids is 1. The molecule has 0 aromatic rings. The Kier molecular flexibility index (Phi) is 10.1. The van der Waals surface area contributed by atoms with Crippen molar-refractivity contribution >= 4 is 11.9 Å².